The lowest BCUT2D eigenvalue weighted by Crippen LogP contribution is -2.55. The van der Waals surface area contributed by atoms with E-state index in [1.54, 1.807) is 6.92 Å². The molecule has 1 rings (SSSR count). The lowest BCUT2D eigenvalue weighted by atomic mass is 9.82. The van der Waals surface area contributed by atoms with Gasteiger partial charge in [0.05, 0.1) is 24.7 Å². The van der Waals surface area contributed by atoms with Crippen molar-refractivity contribution < 1.29 is 9.53 Å². The van der Waals surface area contributed by atoms with Crippen LogP contribution in [0, 0.1) is 16.7 Å². The van der Waals surface area contributed by atoms with Gasteiger partial charge in [0, 0.05) is 0 Å². The first-order valence-corrected chi connectivity index (χ1v) is 4.43. The van der Waals surface area contributed by atoms with Gasteiger partial charge in [-0.1, -0.05) is 6.92 Å². The standard InChI is InChI=1S/C9H14N2O2/c1-3-9(5-13-6-9)8(12)11-7(2)4-10/h7H,3,5-6H2,1-2H3,(H,11,12)/t7-/m0/s1. The van der Waals surface area contributed by atoms with E-state index in [9.17, 15) is 4.79 Å². The molecule has 13 heavy (non-hydrogen) atoms. The smallest absolute Gasteiger partial charge is 0.231 e. The molecular formula is C9H14N2O2. The summed E-state index contributed by atoms with van der Waals surface area (Å²) in [4.78, 5) is 11.6. The van der Waals surface area contributed by atoms with Crippen LogP contribution in [0.1, 0.15) is 20.3 Å². The fourth-order valence-electron chi connectivity index (χ4n) is 1.23. The molecule has 4 heteroatoms. The summed E-state index contributed by atoms with van der Waals surface area (Å²) in [5.41, 5.74) is -0.370. The van der Waals surface area contributed by atoms with Crippen LogP contribution >= 0.6 is 0 Å². The number of hydrogen-bond acceptors (Lipinski definition) is 3. The Morgan fingerprint density at radius 2 is 2.38 bits per heavy atom. The highest BCUT2D eigenvalue weighted by Crippen LogP contribution is 2.31. The average Bonchev–Trinajstić information content (AvgIpc) is 2.03. The van der Waals surface area contributed by atoms with Gasteiger partial charge in [-0.15, -0.1) is 0 Å². The first-order valence-electron chi connectivity index (χ1n) is 4.43. The van der Waals surface area contributed by atoms with Gasteiger partial charge in [0.25, 0.3) is 0 Å². The number of amides is 1. The van der Waals surface area contributed by atoms with Gasteiger partial charge in [0.2, 0.25) is 5.91 Å². The molecule has 0 bridgehead atoms. The fourth-order valence-corrected chi connectivity index (χ4v) is 1.23. The van der Waals surface area contributed by atoms with Crippen LogP contribution in [0.15, 0.2) is 0 Å². The van der Waals surface area contributed by atoms with Crippen LogP contribution in [0.3, 0.4) is 0 Å². The maximum atomic E-state index is 11.6. The van der Waals surface area contributed by atoms with Crippen LogP contribution in [0.25, 0.3) is 0 Å². The Labute approximate surface area is 77.9 Å². The molecule has 1 N–H and O–H groups in total. The van der Waals surface area contributed by atoms with E-state index >= 15 is 0 Å². The third-order valence-corrected chi connectivity index (χ3v) is 2.46. The molecule has 0 aromatic carbocycles. The topological polar surface area (TPSA) is 62.1 Å². The largest absolute Gasteiger partial charge is 0.379 e. The number of nitrogens with one attached hydrogen (secondary N) is 1. The summed E-state index contributed by atoms with van der Waals surface area (Å²) in [6.07, 6.45) is 0.761. The van der Waals surface area contributed by atoms with Crippen LogP contribution in [0.2, 0.25) is 0 Å². The van der Waals surface area contributed by atoms with Gasteiger partial charge in [-0.2, -0.15) is 5.26 Å². The lowest BCUT2D eigenvalue weighted by molar-refractivity contribution is -0.162. The zero-order valence-corrected chi connectivity index (χ0v) is 7.96. The number of nitriles is 1. The van der Waals surface area contributed by atoms with Crippen LogP contribution < -0.4 is 5.32 Å². The highest BCUT2D eigenvalue weighted by atomic mass is 16.5. The van der Waals surface area contributed by atoms with Crippen molar-refractivity contribution in [2.24, 2.45) is 5.41 Å². The molecule has 0 aromatic heterocycles. The van der Waals surface area contributed by atoms with Crippen molar-refractivity contribution in [3.63, 3.8) is 0 Å². The average molecular weight is 182 g/mol. The van der Waals surface area contributed by atoms with Gasteiger partial charge in [-0.25, -0.2) is 0 Å². The lowest BCUT2D eigenvalue weighted by Gasteiger charge is -2.39. The third-order valence-electron chi connectivity index (χ3n) is 2.46. The van der Waals surface area contributed by atoms with E-state index < -0.39 is 6.04 Å². The number of carbonyl (C=O) groups excluding carboxylic acids is 1. The molecule has 1 heterocycles. The molecular weight excluding hydrogens is 168 g/mol. The van der Waals surface area contributed by atoms with Crippen molar-refractivity contribution in [3.05, 3.63) is 0 Å². The first-order chi connectivity index (χ1) is 6.14. The van der Waals surface area contributed by atoms with Gasteiger partial charge >= 0.3 is 0 Å². The number of carbonyl (C=O) groups is 1. The molecule has 4 nitrogen and oxygen atoms in total. The maximum absolute atomic E-state index is 11.6. The molecule has 0 aromatic rings. The Balaban J connectivity index is 2.52. The van der Waals surface area contributed by atoms with Crippen molar-refractivity contribution in [1.82, 2.24) is 5.32 Å². The highest BCUT2D eigenvalue weighted by Gasteiger charge is 2.44. The molecule has 1 aliphatic heterocycles. The van der Waals surface area contributed by atoms with Crippen molar-refractivity contribution in [3.8, 4) is 6.07 Å². The van der Waals surface area contributed by atoms with Gasteiger partial charge in [0.15, 0.2) is 0 Å². The summed E-state index contributed by atoms with van der Waals surface area (Å²) in [5.74, 6) is -0.0599. The monoisotopic (exact) mass is 182 g/mol. The van der Waals surface area contributed by atoms with Crippen LogP contribution in [0.4, 0.5) is 0 Å². The van der Waals surface area contributed by atoms with Crippen LogP contribution in [-0.4, -0.2) is 25.2 Å². The first kappa shape index (κ1) is 10.0. The summed E-state index contributed by atoms with van der Waals surface area (Å²) < 4.78 is 5.02. The second kappa shape index (κ2) is 3.75. The minimum absolute atomic E-state index is 0.0599. The molecule has 0 unspecified atom stereocenters. The Morgan fingerprint density at radius 3 is 2.69 bits per heavy atom. The van der Waals surface area contributed by atoms with Crippen molar-refractivity contribution in [2.45, 2.75) is 26.3 Å². The van der Waals surface area contributed by atoms with Gasteiger partial charge in [0.1, 0.15) is 6.04 Å². The molecule has 1 saturated heterocycles. The Bertz CT molecular complexity index is 235. The Kier molecular flexibility index (Phi) is 2.89. The second-order valence-electron chi connectivity index (χ2n) is 3.45. The summed E-state index contributed by atoms with van der Waals surface area (Å²) >= 11 is 0. The Hall–Kier alpha value is -1.08. The van der Waals surface area contributed by atoms with Crippen LogP contribution in [-0.2, 0) is 9.53 Å². The van der Waals surface area contributed by atoms with E-state index in [0.29, 0.717) is 13.2 Å². The maximum Gasteiger partial charge on any atom is 0.231 e. The number of hydrogen-bond donors (Lipinski definition) is 1. The summed E-state index contributed by atoms with van der Waals surface area (Å²) in [7, 11) is 0. The Morgan fingerprint density at radius 1 is 1.77 bits per heavy atom. The van der Waals surface area contributed by atoms with Crippen molar-refractivity contribution in [2.75, 3.05) is 13.2 Å². The second-order valence-corrected chi connectivity index (χ2v) is 3.45. The SMILES string of the molecule is CCC1(C(=O)N[C@@H](C)C#N)COC1. The van der Waals surface area contributed by atoms with E-state index in [4.69, 9.17) is 10.00 Å². The number of nitrogens with zero attached hydrogens (tertiary/aromatic N) is 1. The van der Waals surface area contributed by atoms with Gasteiger partial charge in [-0.05, 0) is 13.3 Å². The van der Waals surface area contributed by atoms with Crippen LogP contribution in [0.5, 0.6) is 0 Å². The summed E-state index contributed by atoms with van der Waals surface area (Å²) in [6, 6.07) is 1.55. The summed E-state index contributed by atoms with van der Waals surface area (Å²) in [5, 5.41) is 11.2. The minimum atomic E-state index is -0.420. The molecule has 1 atom stereocenters. The van der Waals surface area contributed by atoms with Gasteiger partial charge in [-0.3, -0.25) is 4.79 Å². The minimum Gasteiger partial charge on any atom is -0.379 e. The van der Waals surface area contributed by atoms with E-state index in [-0.39, 0.29) is 11.3 Å². The van der Waals surface area contributed by atoms with Crippen molar-refractivity contribution in [1.29, 1.82) is 5.26 Å². The molecule has 0 saturated carbocycles. The zero-order chi connectivity index (χ0) is 9.90. The summed E-state index contributed by atoms with van der Waals surface area (Å²) in [6.45, 7) is 4.58. The predicted molar refractivity (Wildman–Crippen MR) is 46.8 cm³/mol. The van der Waals surface area contributed by atoms with Gasteiger partial charge < -0.3 is 10.1 Å². The van der Waals surface area contributed by atoms with E-state index in [2.05, 4.69) is 5.32 Å². The normalized spacial score (nSPS) is 21.0. The zero-order valence-electron chi connectivity index (χ0n) is 7.96. The number of rotatable bonds is 3. The molecule has 0 spiro atoms. The fraction of sp³-hybridized carbons (Fsp3) is 0.778. The third kappa shape index (κ3) is 1.81. The molecule has 1 amide bonds. The molecule has 1 aliphatic rings. The van der Waals surface area contributed by atoms with E-state index in [0.717, 1.165) is 6.42 Å². The van der Waals surface area contributed by atoms with E-state index in [1.807, 2.05) is 13.0 Å². The molecule has 0 radical (unpaired) electrons. The number of ether oxygens (including phenoxy) is 1. The van der Waals surface area contributed by atoms with Crippen molar-refractivity contribution >= 4 is 5.91 Å². The molecule has 1 fully saturated rings. The molecule has 0 aliphatic carbocycles. The predicted octanol–water partition coefficient (Wildman–Crippen LogP) is 0.441. The van der Waals surface area contributed by atoms with E-state index in [1.165, 1.54) is 0 Å². The molecule has 72 valence electrons. The highest BCUT2D eigenvalue weighted by molar-refractivity contribution is 5.84. The quantitative estimate of drug-likeness (QED) is 0.689.